The summed E-state index contributed by atoms with van der Waals surface area (Å²) in [6.07, 6.45) is 3.78. The number of nitrogens with zero attached hydrogens (tertiary/aromatic N) is 2. The lowest BCUT2D eigenvalue weighted by Gasteiger charge is -2.37. The first-order valence-electron chi connectivity index (χ1n) is 8.61. The number of benzene rings is 1. The summed E-state index contributed by atoms with van der Waals surface area (Å²) >= 11 is 6.04. The Morgan fingerprint density at radius 3 is 2.38 bits per heavy atom. The van der Waals surface area contributed by atoms with E-state index in [0.29, 0.717) is 23.7 Å². The van der Waals surface area contributed by atoms with Gasteiger partial charge in [0, 0.05) is 44.0 Å². The molecule has 6 nitrogen and oxygen atoms in total. The van der Waals surface area contributed by atoms with Crippen LogP contribution in [0, 0.1) is 0 Å². The second-order valence-electron chi connectivity index (χ2n) is 6.25. The van der Waals surface area contributed by atoms with Crippen molar-refractivity contribution in [1.82, 2.24) is 10.2 Å². The fourth-order valence-corrected chi connectivity index (χ4v) is 3.25. The third kappa shape index (κ3) is 4.14. The van der Waals surface area contributed by atoms with Crippen LogP contribution in [0.4, 0.5) is 5.69 Å². The number of halogens is 1. The average Bonchev–Trinajstić information content (AvgIpc) is 2.68. The topological polar surface area (TPSA) is 66.8 Å². The molecule has 0 radical (unpaired) electrons. The number of carbonyl (C=O) groups is 2. The van der Waals surface area contributed by atoms with Gasteiger partial charge in [0.05, 0.1) is 10.6 Å². The minimum Gasteiger partial charge on any atom is -0.368 e. The first kappa shape index (κ1) is 18.2. The zero-order chi connectivity index (χ0) is 18.5. The van der Waals surface area contributed by atoms with Crippen molar-refractivity contribution in [3.8, 4) is 0 Å². The average molecular weight is 374 g/mol. The number of aromatic nitrogens is 1. The molecule has 1 atom stereocenters. The van der Waals surface area contributed by atoms with E-state index in [2.05, 4.69) is 15.2 Å². The van der Waals surface area contributed by atoms with E-state index in [1.165, 1.54) is 0 Å². The Morgan fingerprint density at radius 2 is 1.73 bits per heavy atom. The minimum atomic E-state index is -0.600. The molecule has 0 unspecified atom stereocenters. The van der Waals surface area contributed by atoms with Crippen LogP contribution in [0.25, 0.3) is 0 Å². The maximum Gasteiger partial charge on any atom is 0.253 e. The largest absolute Gasteiger partial charge is 0.368 e. The Balaban J connectivity index is 1.55. The fourth-order valence-electron chi connectivity index (χ4n) is 3.03. The molecule has 0 aliphatic carbocycles. The quantitative estimate of drug-likeness (QED) is 0.885. The molecule has 1 aliphatic heterocycles. The molecule has 0 bridgehead atoms. The van der Waals surface area contributed by atoms with Crippen molar-refractivity contribution in [2.24, 2.45) is 0 Å². The Bertz CT molecular complexity index is 776. The highest BCUT2D eigenvalue weighted by molar-refractivity contribution is 6.33. The SMILES string of the molecule is C[C@H](NC(=O)c1ccccc1Cl)C(=O)N1CCN(c2cc[nH+]cc2)CC1. The number of pyridine rings is 1. The first-order valence-corrected chi connectivity index (χ1v) is 8.99. The molecule has 1 aromatic carbocycles. The molecule has 1 fully saturated rings. The summed E-state index contributed by atoms with van der Waals surface area (Å²) in [6.45, 7) is 4.49. The highest BCUT2D eigenvalue weighted by atomic mass is 35.5. The molecule has 1 saturated heterocycles. The van der Waals surface area contributed by atoms with Crippen LogP contribution in [0.3, 0.4) is 0 Å². The number of carbonyl (C=O) groups excluding carboxylic acids is 2. The summed E-state index contributed by atoms with van der Waals surface area (Å²) in [6, 6.07) is 10.2. The summed E-state index contributed by atoms with van der Waals surface area (Å²) < 4.78 is 0. The van der Waals surface area contributed by atoms with E-state index in [4.69, 9.17) is 11.6 Å². The van der Waals surface area contributed by atoms with E-state index >= 15 is 0 Å². The summed E-state index contributed by atoms with van der Waals surface area (Å²) in [5, 5.41) is 3.12. The normalized spacial score (nSPS) is 15.5. The summed E-state index contributed by atoms with van der Waals surface area (Å²) in [5.41, 5.74) is 1.51. The Kier molecular flexibility index (Phi) is 5.73. The van der Waals surface area contributed by atoms with Crippen LogP contribution in [0.2, 0.25) is 5.02 Å². The van der Waals surface area contributed by atoms with Gasteiger partial charge in [0.1, 0.15) is 6.04 Å². The standard InChI is InChI=1S/C19H21ClN4O2/c1-14(22-18(25)16-4-2-3-5-17(16)20)19(26)24-12-10-23(11-13-24)15-6-8-21-9-7-15/h2-9,14H,10-13H2,1H3,(H,22,25)/p+1/t14-/m0/s1. The van der Waals surface area contributed by atoms with E-state index in [1.54, 1.807) is 36.1 Å². The molecule has 0 spiro atoms. The minimum absolute atomic E-state index is 0.0774. The number of nitrogens with one attached hydrogen (secondary N) is 2. The summed E-state index contributed by atoms with van der Waals surface area (Å²) in [4.78, 5) is 32.0. The lowest BCUT2D eigenvalue weighted by molar-refractivity contribution is -0.377. The molecular weight excluding hydrogens is 352 g/mol. The van der Waals surface area contributed by atoms with Crippen LogP contribution in [-0.2, 0) is 4.79 Å². The van der Waals surface area contributed by atoms with Gasteiger partial charge in [-0.25, -0.2) is 4.98 Å². The number of amides is 2. The second-order valence-corrected chi connectivity index (χ2v) is 6.65. The highest BCUT2D eigenvalue weighted by Gasteiger charge is 2.26. The molecule has 2 N–H and O–H groups in total. The zero-order valence-corrected chi connectivity index (χ0v) is 15.4. The summed E-state index contributed by atoms with van der Waals surface area (Å²) in [7, 11) is 0. The van der Waals surface area contributed by atoms with E-state index in [9.17, 15) is 9.59 Å². The Hall–Kier alpha value is -2.60. The molecule has 136 valence electrons. The maximum absolute atomic E-state index is 12.6. The predicted molar refractivity (Wildman–Crippen MR) is 100 cm³/mol. The van der Waals surface area contributed by atoms with E-state index < -0.39 is 6.04 Å². The molecule has 1 aromatic heterocycles. The monoisotopic (exact) mass is 373 g/mol. The van der Waals surface area contributed by atoms with Gasteiger partial charge in [0.15, 0.2) is 12.4 Å². The van der Waals surface area contributed by atoms with Crippen LogP contribution in [0.1, 0.15) is 17.3 Å². The number of aromatic amines is 1. The van der Waals surface area contributed by atoms with E-state index in [1.807, 2.05) is 24.5 Å². The Labute approximate surface area is 157 Å². The van der Waals surface area contributed by atoms with Crippen molar-refractivity contribution in [2.45, 2.75) is 13.0 Å². The fraction of sp³-hybridized carbons (Fsp3) is 0.316. The van der Waals surface area contributed by atoms with Gasteiger partial charge >= 0.3 is 0 Å². The van der Waals surface area contributed by atoms with Crippen LogP contribution in [0.15, 0.2) is 48.8 Å². The van der Waals surface area contributed by atoms with Gasteiger partial charge in [-0.2, -0.15) is 0 Å². The van der Waals surface area contributed by atoms with Crippen molar-refractivity contribution in [2.75, 3.05) is 31.1 Å². The van der Waals surface area contributed by atoms with Gasteiger partial charge in [-0.05, 0) is 19.1 Å². The number of rotatable bonds is 4. The summed E-state index contributed by atoms with van der Waals surface area (Å²) in [5.74, 6) is -0.415. The molecule has 2 aromatic rings. The van der Waals surface area contributed by atoms with Crippen LogP contribution in [-0.4, -0.2) is 48.9 Å². The van der Waals surface area contributed by atoms with E-state index in [-0.39, 0.29) is 11.8 Å². The first-order chi connectivity index (χ1) is 12.6. The molecular formula is C19H22ClN4O2+. The molecule has 7 heteroatoms. The molecule has 1 aliphatic rings. The lowest BCUT2D eigenvalue weighted by atomic mass is 10.2. The smallest absolute Gasteiger partial charge is 0.253 e. The molecule has 26 heavy (non-hydrogen) atoms. The predicted octanol–water partition coefficient (Wildman–Crippen LogP) is 1.62. The number of hydrogen-bond donors (Lipinski definition) is 1. The molecule has 0 saturated carbocycles. The van der Waals surface area contributed by atoms with Gasteiger partial charge in [-0.1, -0.05) is 23.7 Å². The van der Waals surface area contributed by atoms with Crippen molar-refractivity contribution < 1.29 is 14.6 Å². The van der Waals surface area contributed by atoms with Gasteiger partial charge in [-0.15, -0.1) is 0 Å². The number of hydrogen-bond acceptors (Lipinski definition) is 3. The molecule has 3 rings (SSSR count). The van der Waals surface area contributed by atoms with Crippen molar-refractivity contribution in [3.05, 3.63) is 59.4 Å². The number of H-pyrrole nitrogens is 1. The molecule has 2 amide bonds. The highest BCUT2D eigenvalue weighted by Crippen LogP contribution is 2.16. The van der Waals surface area contributed by atoms with Crippen LogP contribution < -0.4 is 15.2 Å². The van der Waals surface area contributed by atoms with Gasteiger partial charge in [-0.3, -0.25) is 9.59 Å². The number of piperazine rings is 1. The molecule has 2 heterocycles. The van der Waals surface area contributed by atoms with Gasteiger partial charge in [0.2, 0.25) is 5.91 Å². The lowest BCUT2D eigenvalue weighted by Crippen LogP contribution is -2.54. The van der Waals surface area contributed by atoms with Crippen molar-refractivity contribution in [3.63, 3.8) is 0 Å². The third-order valence-electron chi connectivity index (χ3n) is 4.49. The van der Waals surface area contributed by atoms with Gasteiger partial charge < -0.3 is 15.1 Å². The Morgan fingerprint density at radius 1 is 1.08 bits per heavy atom. The maximum atomic E-state index is 12.6. The third-order valence-corrected chi connectivity index (χ3v) is 4.82. The van der Waals surface area contributed by atoms with Crippen LogP contribution in [0.5, 0.6) is 0 Å². The second kappa shape index (κ2) is 8.19. The van der Waals surface area contributed by atoms with Crippen molar-refractivity contribution >= 4 is 29.1 Å². The zero-order valence-electron chi connectivity index (χ0n) is 14.6. The van der Waals surface area contributed by atoms with Crippen LogP contribution >= 0.6 is 11.6 Å². The van der Waals surface area contributed by atoms with E-state index in [0.717, 1.165) is 18.8 Å². The number of anilines is 1. The van der Waals surface area contributed by atoms with Crippen molar-refractivity contribution in [1.29, 1.82) is 0 Å². The van der Waals surface area contributed by atoms with Gasteiger partial charge in [0.25, 0.3) is 5.91 Å².